The van der Waals surface area contributed by atoms with Crippen LogP contribution < -0.4 is 14.2 Å². The van der Waals surface area contributed by atoms with E-state index in [0.717, 1.165) is 55.8 Å². The molecule has 3 aromatic rings. The highest BCUT2D eigenvalue weighted by atomic mass is 16.5. The highest BCUT2D eigenvalue weighted by molar-refractivity contribution is 5.93. The maximum Gasteiger partial charge on any atom is 0.130 e. The lowest BCUT2D eigenvalue weighted by molar-refractivity contribution is 0.395. The fourth-order valence-electron chi connectivity index (χ4n) is 3.56. The maximum atomic E-state index is 5.79. The molecule has 0 aliphatic carbocycles. The van der Waals surface area contributed by atoms with Crippen molar-refractivity contribution >= 4 is 10.8 Å². The second-order valence-corrected chi connectivity index (χ2v) is 6.22. The van der Waals surface area contributed by atoms with E-state index in [1.807, 2.05) is 12.1 Å². The molecular weight excluding hydrogens is 312 g/mol. The Labute approximate surface area is 149 Å². The fraction of sp³-hybridized carbons (Fsp3) is 0.273. The molecule has 0 spiro atoms. The van der Waals surface area contributed by atoms with Gasteiger partial charge in [-0.25, -0.2) is 0 Å². The van der Waals surface area contributed by atoms with Crippen LogP contribution in [0, 0.1) is 20.8 Å². The molecule has 0 radical (unpaired) electrons. The van der Waals surface area contributed by atoms with Gasteiger partial charge >= 0.3 is 0 Å². The average molecular weight is 336 g/mol. The topological polar surface area (TPSA) is 27.7 Å². The number of rotatable bonds is 4. The minimum atomic E-state index is 0.824. The van der Waals surface area contributed by atoms with E-state index in [1.54, 1.807) is 21.3 Å². The zero-order chi connectivity index (χ0) is 18.1. The summed E-state index contributed by atoms with van der Waals surface area (Å²) in [7, 11) is 5.13. The second-order valence-electron chi connectivity index (χ2n) is 6.22. The Bertz CT molecular complexity index is 942. The smallest absolute Gasteiger partial charge is 0.130 e. The Morgan fingerprint density at radius 1 is 0.640 bits per heavy atom. The molecule has 25 heavy (non-hydrogen) atoms. The predicted octanol–water partition coefficient (Wildman–Crippen LogP) is 5.46. The third-order valence-corrected chi connectivity index (χ3v) is 4.93. The molecule has 0 amide bonds. The van der Waals surface area contributed by atoms with Crippen LogP contribution in [-0.4, -0.2) is 21.3 Å². The van der Waals surface area contributed by atoms with E-state index in [0.29, 0.717) is 0 Å². The van der Waals surface area contributed by atoms with E-state index >= 15 is 0 Å². The normalized spacial score (nSPS) is 10.8. The van der Waals surface area contributed by atoms with Crippen molar-refractivity contribution < 1.29 is 14.2 Å². The number of hydrogen-bond donors (Lipinski definition) is 0. The summed E-state index contributed by atoms with van der Waals surface area (Å²) in [6.07, 6.45) is 0. The molecule has 0 unspecified atom stereocenters. The Hall–Kier alpha value is -2.68. The number of fused-ring (bicyclic) bond motifs is 1. The van der Waals surface area contributed by atoms with Crippen LogP contribution in [0.2, 0.25) is 0 Å². The molecule has 0 aliphatic heterocycles. The third-order valence-electron chi connectivity index (χ3n) is 4.93. The number of ether oxygens (including phenoxy) is 3. The number of hydrogen-bond acceptors (Lipinski definition) is 3. The molecule has 0 heterocycles. The van der Waals surface area contributed by atoms with Crippen LogP contribution in [0.15, 0.2) is 36.4 Å². The third kappa shape index (κ3) is 2.70. The van der Waals surface area contributed by atoms with E-state index in [-0.39, 0.29) is 0 Å². The maximum absolute atomic E-state index is 5.79. The Balaban J connectivity index is 2.43. The molecule has 0 bridgehead atoms. The monoisotopic (exact) mass is 336 g/mol. The minimum Gasteiger partial charge on any atom is -0.496 e. The van der Waals surface area contributed by atoms with Gasteiger partial charge in [-0.3, -0.25) is 0 Å². The Morgan fingerprint density at radius 2 is 1.20 bits per heavy atom. The molecule has 0 aromatic heterocycles. The Kier molecular flexibility index (Phi) is 4.58. The van der Waals surface area contributed by atoms with Gasteiger partial charge in [0.05, 0.1) is 21.3 Å². The predicted molar refractivity (Wildman–Crippen MR) is 103 cm³/mol. The molecule has 0 atom stereocenters. The summed E-state index contributed by atoms with van der Waals surface area (Å²) in [6.45, 7) is 6.19. The largest absolute Gasteiger partial charge is 0.496 e. The molecule has 3 nitrogen and oxygen atoms in total. The highest BCUT2D eigenvalue weighted by Crippen LogP contribution is 2.47. The highest BCUT2D eigenvalue weighted by Gasteiger charge is 2.22. The van der Waals surface area contributed by atoms with Gasteiger partial charge in [-0.1, -0.05) is 24.3 Å². The first-order valence-corrected chi connectivity index (χ1v) is 8.32. The van der Waals surface area contributed by atoms with Gasteiger partial charge in [0.25, 0.3) is 0 Å². The average Bonchev–Trinajstić information content (AvgIpc) is 2.63. The van der Waals surface area contributed by atoms with Crippen LogP contribution in [0.3, 0.4) is 0 Å². The van der Waals surface area contributed by atoms with E-state index in [2.05, 4.69) is 45.0 Å². The lowest BCUT2D eigenvalue weighted by atomic mass is 9.91. The molecule has 3 rings (SSSR count). The van der Waals surface area contributed by atoms with Crippen molar-refractivity contribution in [2.75, 3.05) is 21.3 Å². The molecule has 0 N–H and O–H groups in total. The summed E-state index contributed by atoms with van der Waals surface area (Å²) in [5.41, 5.74) is 5.26. The first-order valence-electron chi connectivity index (χ1n) is 8.32. The number of methoxy groups -OCH3 is 3. The zero-order valence-electron chi connectivity index (χ0n) is 15.7. The molecule has 0 saturated heterocycles. The van der Waals surface area contributed by atoms with Crippen molar-refractivity contribution in [3.05, 3.63) is 53.1 Å². The SMILES string of the molecule is COc1cc2ccccc2cc1-c1c(C)c(OC)c(C)c(C)c1OC. The van der Waals surface area contributed by atoms with Crippen molar-refractivity contribution in [3.8, 4) is 28.4 Å². The van der Waals surface area contributed by atoms with Gasteiger partial charge < -0.3 is 14.2 Å². The van der Waals surface area contributed by atoms with E-state index in [4.69, 9.17) is 14.2 Å². The van der Waals surface area contributed by atoms with E-state index in [9.17, 15) is 0 Å². The van der Waals surface area contributed by atoms with Crippen LogP contribution >= 0.6 is 0 Å². The summed E-state index contributed by atoms with van der Waals surface area (Å²) < 4.78 is 17.2. The van der Waals surface area contributed by atoms with Gasteiger partial charge in [-0.15, -0.1) is 0 Å². The minimum absolute atomic E-state index is 0.824. The van der Waals surface area contributed by atoms with Crippen LogP contribution in [0.25, 0.3) is 21.9 Å². The lowest BCUT2D eigenvalue weighted by Crippen LogP contribution is -2.02. The van der Waals surface area contributed by atoms with E-state index < -0.39 is 0 Å². The van der Waals surface area contributed by atoms with Crippen molar-refractivity contribution in [1.82, 2.24) is 0 Å². The molecule has 3 aromatic carbocycles. The summed E-state index contributed by atoms with van der Waals surface area (Å²) in [5, 5.41) is 2.31. The van der Waals surface area contributed by atoms with Crippen molar-refractivity contribution in [2.24, 2.45) is 0 Å². The molecule has 130 valence electrons. The van der Waals surface area contributed by atoms with Gasteiger partial charge in [0, 0.05) is 16.7 Å². The molecule has 0 saturated carbocycles. The zero-order valence-corrected chi connectivity index (χ0v) is 15.7. The molecular formula is C22H24O3. The summed E-state index contributed by atoms with van der Waals surface area (Å²) in [4.78, 5) is 0. The standard InChI is InChI=1S/C22H24O3/c1-13-14(2)22(25-6)20(15(3)21(13)24-5)18-11-16-9-7-8-10-17(16)12-19(18)23-4/h7-12H,1-6H3. The summed E-state index contributed by atoms with van der Waals surface area (Å²) in [6, 6.07) is 12.5. The Morgan fingerprint density at radius 3 is 1.76 bits per heavy atom. The lowest BCUT2D eigenvalue weighted by Gasteiger charge is -2.22. The quantitative estimate of drug-likeness (QED) is 0.633. The van der Waals surface area contributed by atoms with Gasteiger partial charge in [0.1, 0.15) is 17.2 Å². The van der Waals surface area contributed by atoms with Crippen molar-refractivity contribution in [1.29, 1.82) is 0 Å². The van der Waals surface area contributed by atoms with Gasteiger partial charge in [0.15, 0.2) is 0 Å². The van der Waals surface area contributed by atoms with Crippen molar-refractivity contribution in [3.63, 3.8) is 0 Å². The van der Waals surface area contributed by atoms with Crippen LogP contribution in [-0.2, 0) is 0 Å². The second kappa shape index (κ2) is 6.67. The van der Waals surface area contributed by atoms with Gasteiger partial charge in [-0.2, -0.15) is 0 Å². The first kappa shape index (κ1) is 17.2. The van der Waals surface area contributed by atoms with Crippen molar-refractivity contribution in [2.45, 2.75) is 20.8 Å². The van der Waals surface area contributed by atoms with E-state index in [1.165, 1.54) is 0 Å². The molecule has 0 aliphatic rings. The van der Waals surface area contributed by atoms with Gasteiger partial charge in [-0.05, 0) is 54.8 Å². The van der Waals surface area contributed by atoms with Crippen LogP contribution in [0.5, 0.6) is 17.2 Å². The van der Waals surface area contributed by atoms with Crippen LogP contribution in [0.4, 0.5) is 0 Å². The van der Waals surface area contributed by atoms with Crippen LogP contribution in [0.1, 0.15) is 16.7 Å². The molecule has 3 heteroatoms. The number of benzene rings is 3. The summed E-state index contributed by atoms with van der Waals surface area (Å²) in [5.74, 6) is 2.58. The fourth-order valence-corrected chi connectivity index (χ4v) is 3.56. The van der Waals surface area contributed by atoms with Gasteiger partial charge in [0.2, 0.25) is 0 Å². The molecule has 0 fully saturated rings. The first-order chi connectivity index (χ1) is 12.0. The summed E-state index contributed by atoms with van der Waals surface area (Å²) >= 11 is 0.